The monoisotopic (exact) mass is 250 g/mol. The number of hydrogen-bond donors (Lipinski definition) is 1. The summed E-state index contributed by atoms with van der Waals surface area (Å²) in [5.41, 5.74) is 0. The van der Waals surface area contributed by atoms with Gasteiger partial charge in [-0.05, 0) is 12.8 Å². The van der Waals surface area contributed by atoms with Crippen LogP contribution in [0.25, 0.3) is 0 Å². The Morgan fingerprint density at radius 1 is 1.79 bits per heavy atom. The van der Waals surface area contributed by atoms with Gasteiger partial charge in [-0.1, -0.05) is 6.92 Å². The Hall–Kier alpha value is 0.400. The van der Waals surface area contributed by atoms with Crippen molar-refractivity contribution in [3.05, 3.63) is 0 Å². The smallest absolute Gasteiger partial charge is 0.306 e. The summed E-state index contributed by atoms with van der Waals surface area (Å²) in [5.74, 6) is -0.875. The second kappa shape index (κ2) is 6.09. The van der Waals surface area contributed by atoms with Crippen molar-refractivity contribution in [2.45, 2.75) is 19.7 Å². The van der Waals surface area contributed by atoms with E-state index in [1.807, 2.05) is 0 Å². The van der Waals surface area contributed by atoms with Gasteiger partial charge in [-0.15, -0.1) is 11.6 Å². The highest BCUT2D eigenvalue weighted by molar-refractivity contribution is 7.54. The fraction of sp³-hybridized carbons (Fsp3) is 1.00. The normalized spacial score (nSPS) is 51.6. The first-order valence-corrected chi connectivity index (χ1v) is 5.98. The molecule has 0 aliphatic carbocycles. The molecular weight excluding hydrogens is 223 g/mol. The summed E-state index contributed by atoms with van der Waals surface area (Å²) in [4.78, 5) is 0. The minimum Gasteiger partial charge on any atom is -0.306 e. The molecule has 1 N–H and O–H groups in total. The molecule has 0 radical (unpaired) electrons. The molecule has 6 heteroatoms. The number of hydrogen-bond acceptors (Lipinski definition) is 2. The molecule has 0 bridgehead atoms. The average Bonchev–Trinajstić information content (AvgIpc) is 2.34. The summed E-state index contributed by atoms with van der Waals surface area (Å²) >= 11 is 5.48. The first-order valence-electron chi connectivity index (χ1n) is 8.87. The largest absolute Gasteiger partial charge is 0.343 e. The fourth-order valence-corrected chi connectivity index (χ4v) is 2.15. The summed E-state index contributed by atoms with van der Waals surface area (Å²) in [6.07, 6.45) is -3.69. The zero-order valence-electron chi connectivity index (χ0n) is 17.5. The van der Waals surface area contributed by atoms with Crippen LogP contribution in [0.5, 0.6) is 0 Å². The highest BCUT2D eigenvalue weighted by Crippen LogP contribution is 2.48. The van der Waals surface area contributed by atoms with Gasteiger partial charge in [0.05, 0.1) is 9.30 Å². The highest BCUT2D eigenvalue weighted by atomic mass is 35.5. The van der Waals surface area contributed by atoms with E-state index in [1.54, 1.807) is 5.09 Å². The van der Waals surface area contributed by atoms with Crippen LogP contribution in [-0.4, -0.2) is 36.6 Å². The van der Waals surface area contributed by atoms with E-state index < -0.39 is 52.4 Å². The number of rotatable bonds is 5. The predicted molar refractivity (Wildman–Crippen MR) is 58.8 cm³/mol. The van der Waals surface area contributed by atoms with Crippen LogP contribution < -0.4 is 5.09 Å². The fourth-order valence-electron chi connectivity index (χ4n) is 0.771. The Balaban J connectivity index is 3.57. The van der Waals surface area contributed by atoms with Crippen LogP contribution in [0.15, 0.2) is 0 Å². The van der Waals surface area contributed by atoms with Gasteiger partial charge in [0.15, 0.2) is 0 Å². The van der Waals surface area contributed by atoms with Crippen LogP contribution in [-0.2, 0) is 9.09 Å². The summed E-state index contributed by atoms with van der Waals surface area (Å²) in [6, 6.07) is 0. The minimum absolute atomic E-state index is 0.0188. The van der Waals surface area contributed by atoms with Gasteiger partial charge in [0.25, 0.3) is 0 Å². The van der Waals surface area contributed by atoms with Crippen molar-refractivity contribution in [1.82, 2.24) is 9.76 Å². The molecule has 1 atom stereocenters. The molecule has 84 valence electrons. The molecule has 1 rings (SSSR count). The summed E-state index contributed by atoms with van der Waals surface area (Å²) in [6.45, 7) is -10.8. The average molecular weight is 251 g/mol. The molecule has 1 aliphatic rings. The lowest BCUT2D eigenvalue weighted by atomic mass is 10.5. The van der Waals surface area contributed by atoms with Crippen LogP contribution in [0.1, 0.15) is 33.4 Å². The standard InChI is InChI=1S/C8H18ClN2O2P/c1-2-6-11(7-4-9)14(12)10-5-3-8-13-14/h2-8H2,1H3,(H,10,12)/i3D2,5D2,6D2,7D2,8D2. The molecule has 0 aromatic carbocycles. The van der Waals surface area contributed by atoms with Crippen molar-refractivity contribution < 1.29 is 22.8 Å². The van der Waals surface area contributed by atoms with E-state index in [-0.39, 0.29) is 4.67 Å². The van der Waals surface area contributed by atoms with E-state index in [0.29, 0.717) is 0 Å². The predicted octanol–water partition coefficient (Wildman–Crippen LogP) is 2.06. The second-order valence-corrected chi connectivity index (χ2v) is 4.31. The number of halogens is 1. The molecule has 14 heavy (non-hydrogen) atoms. The van der Waals surface area contributed by atoms with Gasteiger partial charge in [-0.2, -0.15) is 0 Å². The van der Waals surface area contributed by atoms with Crippen LogP contribution in [0.3, 0.4) is 0 Å². The molecule has 0 aromatic rings. The van der Waals surface area contributed by atoms with Gasteiger partial charge in [0.1, 0.15) is 0 Å². The van der Waals surface area contributed by atoms with Crippen molar-refractivity contribution >= 4 is 19.3 Å². The van der Waals surface area contributed by atoms with Gasteiger partial charge >= 0.3 is 7.67 Å². The Kier molecular flexibility index (Phi) is 1.89. The van der Waals surface area contributed by atoms with Gasteiger partial charge in [0, 0.05) is 36.3 Å². The zero-order valence-corrected chi connectivity index (χ0v) is 9.15. The molecule has 1 heterocycles. The van der Waals surface area contributed by atoms with Crippen LogP contribution >= 0.6 is 19.3 Å². The van der Waals surface area contributed by atoms with Gasteiger partial charge < -0.3 is 4.52 Å². The van der Waals surface area contributed by atoms with Crippen molar-refractivity contribution in [1.29, 1.82) is 0 Å². The minimum atomic E-state index is -5.06. The Bertz CT molecular complexity index is 505. The third-order valence-electron chi connectivity index (χ3n) is 1.26. The van der Waals surface area contributed by atoms with Crippen LogP contribution in [0.2, 0.25) is 0 Å². The second-order valence-electron chi connectivity index (χ2n) is 2.19. The lowest BCUT2D eigenvalue weighted by Gasteiger charge is -2.33. The van der Waals surface area contributed by atoms with E-state index >= 15 is 0 Å². The molecule has 1 aliphatic heterocycles. The molecule has 0 amide bonds. The third-order valence-corrected chi connectivity index (χ3v) is 2.92. The molecule has 1 unspecified atom stereocenters. The summed E-state index contributed by atoms with van der Waals surface area (Å²) in [7, 11) is -5.06. The Morgan fingerprint density at radius 3 is 3.14 bits per heavy atom. The molecule has 0 saturated carbocycles. The molecular formula is C8H18ClN2O2P. The molecule has 0 aromatic heterocycles. The lowest BCUT2D eigenvalue weighted by Crippen LogP contribution is -2.35. The molecule has 1 fully saturated rings. The first-order chi connectivity index (χ1) is 10.4. The maximum Gasteiger partial charge on any atom is 0.343 e. The maximum atomic E-state index is 13.1. The third kappa shape index (κ3) is 3.21. The quantitative estimate of drug-likeness (QED) is 0.599. The van der Waals surface area contributed by atoms with Gasteiger partial charge in [-0.3, -0.25) is 4.57 Å². The number of nitrogens with zero attached hydrogens (tertiary/aromatic N) is 1. The number of nitrogens with one attached hydrogen (secondary N) is 1. The van der Waals surface area contributed by atoms with Gasteiger partial charge in [-0.25, -0.2) is 9.76 Å². The molecule has 1 saturated heterocycles. The summed E-state index contributed by atoms with van der Waals surface area (Å²) in [5, 5.41) is 1.63. The Labute approximate surface area is 105 Å². The van der Waals surface area contributed by atoms with Crippen molar-refractivity contribution in [3.8, 4) is 0 Å². The van der Waals surface area contributed by atoms with E-state index in [0.717, 1.165) is 0 Å². The zero-order chi connectivity index (χ0) is 19.4. The van der Waals surface area contributed by atoms with E-state index in [2.05, 4.69) is 4.52 Å². The van der Waals surface area contributed by atoms with E-state index in [1.165, 1.54) is 6.92 Å². The summed E-state index contributed by atoms with van der Waals surface area (Å²) < 4.78 is 94.5. The van der Waals surface area contributed by atoms with Crippen molar-refractivity contribution in [3.63, 3.8) is 0 Å². The lowest BCUT2D eigenvalue weighted by molar-refractivity contribution is 0.230. The van der Waals surface area contributed by atoms with Crippen LogP contribution in [0.4, 0.5) is 0 Å². The first kappa shape index (κ1) is 4.34. The van der Waals surface area contributed by atoms with E-state index in [9.17, 15) is 4.57 Å². The SMILES string of the molecule is [2H]C([2H])(CC)N(C([2H])([2H])CCl)P1(=O)NC([2H])([2H])C([2H])([2H])C([2H])([2H])O1. The topological polar surface area (TPSA) is 41.6 Å². The maximum absolute atomic E-state index is 13.1. The highest BCUT2D eigenvalue weighted by Gasteiger charge is 2.32. The molecule has 0 spiro atoms. The van der Waals surface area contributed by atoms with E-state index in [4.69, 9.17) is 25.3 Å². The van der Waals surface area contributed by atoms with Gasteiger partial charge in [0.2, 0.25) is 0 Å². The van der Waals surface area contributed by atoms with Crippen molar-refractivity contribution in [2.24, 2.45) is 0 Å². The number of alkyl halides is 1. The Morgan fingerprint density at radius 2 is 2.57 bits per heavy atom. The van der Waals surface area contributed by atoms with Crippen LogP contribution in [0, 0.1) is 0 Å². The van der Waals surface area contributed by atoms with Crippen molar-refractivity contribution in [2.75, 3.05) is 31.9 Å². The molecule has 4 nitrogen and oxygen atoms in total.